The Morgan fingerprint density at radius 2 is 1.45 bits per heavy atom. The van der Waals surface area contributed by atoms with E-state index in [0.717, 1.165) is 17.1 Å². The Morgan fingerprint density at radius 3 is 2.04 bits per heavy atom. The van der Waals surface area contributed by atoms with Crippen molar-refractivity contribution in [1.82, 2.24) is 30.2 Å². The monoisotopic (exact) mass is 1320 g/mol. The van der Waals surface area contributed by atoms with Crippen LogP contribution in [0, 0.1) is 41.4 Å². The molecule has 2 aromatic carbocycles. The Balaban J connectivity index is 1.22. The number of alkyl carbamates (subject to hydrolysis) is 1. The molecule has 7 N–H and O–H groups in total. The normalized spacial score (nSPS) is 21.8. The fraction of sp³-hybridized carbons (Fsp3) is 0.642. The van der Waals surface area contributed by atoms with E-state index < -0.39 is 121 Å². The minimum absolute atomic E-state index is 0.00123. The number of carbonyl (C=O) groups excluding carboxylic acids is 9. The van der Waals surface area contributed by atoms with Gasteiger partial charge in [-0.3, -0.25) is 58.3 Å². The van der Waals surface area contributed by atoms with Gasteiger partial charge in [0.05, 0.1) is 48.5 Å². The molecule has 27 heteroatoms. The number of ether oxygens (including phenoxy) is 6. The molecule has 27 nitrogen and oxygen atoms in total. The molecule has 0 aromatic heterocycles. The number of methoxy groups -OCH3 is 2. The van der Waals surface area contributed by atoms with E-state index in [1.165, 1.54) is 32.4 Å². The van der Waals surface area contributed by atoms with Crippen LogP contribution in [0.3, 0.4) is 0 Å². The molecule has 0 unspecified atom stereocenters. The summed E-state index contributed by atoms with van der Waals surface area (Å²) in [6.45, 7) is 14.8. The third kappa shape index (κ3) is 20.9. The Kier molecular flexibility index (Phi) is 30.2. The molecule has 0 saturated carbocycles. The number of benzene rings is 2. The van der Waals surface area contributed by atoms with E-state index in [9.17, 15) is 68.4 Å². The van der Waals surface area contributed by atoms with Crippen LogP contribution in [-0.2, 0) is 73.4 Å². The number of ketones is 2. The highest BCUT2D eigenvalue weighted by Crippen LogP contribution is 2.36. The highest BCUT2D eigenvalue weighted by Gasteiger charge is 2.50. The van der Waals surface area contributed by atoms with Crippen molar-refractivity contribution < 1.29 is 96.8 Å². The van der Waals surface area contributed by atoms with Gasteiger partial charge in [-0.1, -0.05) is 98.2 Å². The number of likely N-dealkylation sites (tertiary alicyclic amines) is 1. The number of rotatable bonds is 37. The lowest BCUT2D eigenvalue weighted by molar-refractivity contribution is -0.306. The number of aliphatic hydroxyl groups excluding tert-OH is 3. The number of likely N-dealkylation sites (N-methyl/N-ethyl adjacent to an activating group) is 2. The fourth-order valence-corrected chi connectivity index (χ4v) is 12.7. The van der Waals surface area contributed by atoms with Gasteiger partial charge in [-0.15, -0.1) is 0 Å². The molecule has 3 aliphatic heterocycles. The molecule has 522 valence electrons. The Hall–Kier alpha value is -7.24. The van der Waals surface area contributed by atoms with Gasteiger partial charge in [-0.05, 0) is 73.9 Å². The first-order chi connectivity index (χ1) is 44.4. The molecule has 2 saturated heterocycles. The predicted octanol–water partition coefficient (Wildman–Crippen LogP) is 4.20. The molecule has 94 heavy (non-hydrogen) atoms. The van der Waals surface area contributed by atoms with E-state index in [2.05, 4.69) is 16.0 Å². The summed E-state index contributed by atoms with van der Waals surface area (Å²) in [6, 6.07) is 11.8. The first-order valence-corrected chi connectivity index (χ1v) is 32.2. The molecular formula is C67H99N7O20. The SMILES string of the molecule is CC[C@H](C)[C@@H]([C@@H](CC(=O)N1CCC[C@H]1[C@H](OC)[C@@H](C)C(=O)C[C@H](C)[C@@H](OCNC(=O)OCc1ccc(O[C@H]2O[C@@H](O)[C@H](O)[C@@H](O)[C@@H]2C(=O)O)c(NC(=O)CCNC(=O)CCN2C(=O)C=CC2=O)c1)c1ccccc1)OC)N(C)C(=O)[C@@H](CC(=O)[C@H](C(C)C)N(C)C)C(C)C. The van der Waals surface area contributed by atoms with Crippen molar-refractivity contribution in [2.45, 2.75) is 175 Å². The topological polar surface area (TPSA) is 356 Å². The number of hydrogen-bond acceptors (Lipinski definition) is 20. The number of imide groups is 1. The number of anilines is 1. The standard InChI is InChI=1S/C67H99N7O20/c1-14-39(6)58(72(11)63(84)44(37(2)3)33-48(76)57(38(4)5)71(9)10)50(89-12)34-55(81)73-29-18-21-46(73)62(90-13)41(8)47(75)31-40(7)61(43-19-16-15-17-20-43)92-36-69-67(88)91-35-42-22-23-49(93-66-56(64(85)86)59(82)60(83)65(87)94-66)45(32-42)70-52(78)26-28-68-51(77)27-30-74-53(79)24-25-54(74)80/h15-17,19-20,22-25,32,37-41,44,46,50,56-62,65-66,82-83,87H,14,18,21,26-31,33-36H2,1-13H3,(H,68,77)(H,69,88)(H,70,78)(H,85,86)/t39-,40-,41-,44-,46-,50+,56+,57-,58-,59-,60+,61+,62+,65+,66-/m0/s1. The van der Waals surface area contributed by atoms with E-state index in [1.807, 2.05) is 97.8 Å². The van der Waals surface area contributed by atoms with Gasteiger partial charge in [0, 0.05) is 90.6 Å². The van der Waals surface area contributed by atoms with Gasteiger partial charge in [-0.25, -0.2) is 4.79 Å². The maximum absolute atomic E-state index is 14.6. The van der Waals surface area contributed by atoms with Crippen LogP contribution in [0.25, 0.3) is 0 Å². The molecule has 3 heterocycles. The molecule has 7 amide bonds. The van der Waals surface area contributed by atoms with Gasteiger partial charge in [0.1, 0.15) is 43.0 Å². The highest BCUT2D eigenvalue weighted by atomic mass is 16.7. The van der Waals surface area contributed by atoms with Crippen LogP contribution in [0.15, 0.2) is 60.7 Å². The van der Waals surface area contributed by atoms with Gasteiger partial charge in [0.2, 0.25) is 29.9 Å². The zero-order valence-corrected chi connectivity index (χ0v) is 56.4. The number of hydrogen-bond donors (Lipinski definition) is 7. The van der Waals surface area contributed by atoms with Crippen molar-refractivity contribution in [1.29, 1.82) is 0 Å². The minimum Gasteiger partial charge on any atom is -0.481 e. The number of carboxylic acids is 1. The average molecular weight is 1320 g/mol. The van der Waals surface area contributed by atoms with Gasteiger partial charge in [0.15, 0.2) is 12.1 Å². The zero-order chi connectivity index (χ0) is 69.8. The maximum Gasteiger partial charge on any atom is 0.409 e. The summed E-state index contributed by atoms with van der Waals surface area (Å²) in [4.78, 5) is 139. The first kappa shape index (κ1) is 77.5. The van der Waals surface area contributed by atoms with Crippen molar-refractivity contribution in [2.24, 2.45) is 41.4 Å². The molecule has 0 aliphatic carbocycles. The lowest BCUT2D eigenvalue weighted by Gasteiger charge is -2.41. The molecule has 15 atom stereocenters. The Morgan fingerprint density at radius 1 is 0.777 bits per heavy atom. The number of aliphatic carboxylic acids is 1. The van der Waals surface area contributed by atoms with Crippen molar-refractivity contribution in [3.63, 3.8) is 0 Å². The van der Waals surface area contributed by atoms with E-state index >= 15 is 0 Å². The second-order valence-electron chi connectivity index (χ2n) is 25.6. The number of aliphatic hydroxyl groups is 3. The Labute approximate surface area is 550 Å². The molecule has 0 spiro atoms. The van der Waals surface area contributed by atoms with Crippen molar-refractivity contribution in [3.8, 4) is 5.75 Å². The summed E-state index contributed by atoms with van der Waals surface area (Å²) >= 11 is 0. The number of nitrogens with zero attached hydrogens (tertiary/aromatic N) is 4. The van der Waals surface area contributed by atoms with E-state index in [4.69, 9.17) is 28.4 Å². The second kappa shape index (κ2) is 36.6. The first-order valence-electron chi connectivity index (χ1n) is 32.2. The van der Waals surface area contributed by atoms with Crippen LogP contribution in [0.1, 0.15) is 124 Å². The van der Waals surface area contributed by atoms with Crippen molar-refractivity contribution in [3.05, 3.63) is 71.8 Å². The molecule has 2 aromatic rings. The van der Waals surface area contributed by atoms with Crippen molar-refractivity contribution >= 4 is 64.8 Å². The van der Waals surface area contributed by atoms with Crippen LogP contribution in [0.4, 0.5) is 10.5 Å². The number of amides is 7. The number of carbonyl (C=O) groups is 10. The van der Waals surface area contributed by atoms with E-state index in [0.29, 0.717) is 31.4 Å². The van der Waals surface area contributed by atoms with Crippen LogP contribution in [0.5, 0.6) is 5.75 Å². The van der Waals surface area contributed by atoms with Gasteiger partial charge < -0.3 is 69.3 Å². The number of nitrogens with one attached hydrogen (secondary N) is 3. The number of Topliss-reactive ketones (excluding diaryl/α,β-unsaturated/α-hetero) is 2. The zero-order valence-electron chi connectivity index (χ0n) is 56.4. The second-order valence-corrected chi connectivity index (χ2v) is 25.6. The summed E-state index contributed by atoms with van der Waals surface area (Å²) in [5.74, 6) is -8.58. The van der Waals surface area contributed by atoms with Crippen molar-refractivity contribution in [2.75, 3.05) is 67.0 Å². The molecule has 0 bridgehead atoms. The third-order valence-corrected chi connectivity index (χ3v) is 18.0. The number of carboxylic acid groups (broad SMARTS) is 1. The molecule has 3 aliphatic rings. The van der Waals surface area contributed by atoms with Gasteiger partial charge in [-0.2, -0.15) is 0 Å². The van der Waals surface area contributed by atoms with Crippen LogP contribution < -0.4 is 20.7 Å². The van der Waals surface area contributed by atoms with Crippen LogP contribution in [0.2, 0.25) is 0 Å². The highest BCUT2D eigenvalue weighted by molar-refractivity contribution is 6.13. The third-order valence-electron chi connectivity index (χ3n) is 18.0. The maximum atomic E-state index is 14.6. The smallest absolute Gasteiger partial charge is 0.409 e. The summed E-state index contributed by atoms with van der Waals surface area (Å²) in [5, 5.41) is 48.4. The molecule has 5 rings (SSSR count). The average Bonchev–Trinajstić information content (AvgIpc) is 0.883. The summed E-state index contributed by atoms with van der Waals surface area (Å²) in [6.07, 6.45) is -7.39. The van der Waals surface area contributed by atoms with Crippen LogP contribution in [-0.4, -0.2) is 216 Å². The largest absolute Gasteiger partial charge is 0.481 e. The molecule has 2 fully saturated rings. The lowest BCUT2D eigenvalue weighted by atomic mass is 9.83. The summed E-state index contributed by atoms with van der Waals surface area (Å²) in [7, 11) is 8.53. The predicted molar refractivity (Wildman–Crippen MR) is 341 cm³/mol. The molecular weight excluding hydrogens is 1220 g/mol. The summed E-state index contributed by atoms with van der Waals surface area (Å²) < 4.78 is 35.0. The molecule has 0 radical (unpaired) electrons. The van der Waals surface area contributed by atoms with Crippen LogP contribution >= 0.6 is 0 Å². The Bertz CT molecular complexity index is 2920. The van der Waals surface area contributed by atoms with Gasteiger partial charge >= 0.3 is 12.1 Å². The quantitative estimate of drug-likeness (QED) is 0.0368. The fourth-order valence-electron chi connectivity index (χ4n) is 12.7. The lowest BCUT2D eigenvalue weighted by Crippen LogP contribution is -2.58. The van der Waals surface area contributed by atoms with Gasteiger partial charge in [0.25, 0.3) is 11.8 Å². The summed E-state index contributed by atoms with van der Waals surface area (Å²) in [5.41, 5.74) is 0.853. The van der Waals surface area contributed by atoms with E-state index in [1.54, 1.807) is 23.8 Å². The van der Waals surface area contributed by atoms with E-state index in [-0.39, 0.29) is 116 Å². The minimum atomic E-state index is -2.06.